The molecule has 0 saturated carbocycles. The van der Waals surface area contributed by atoms with Crippen LogP contribution < -0.4 is 5.32 Å². The predicted molar refractivity (Wildman–Crippen MR) is 69.9 cm³/mol. The van der Waals surface area contributed by atoms with Crippen molar-refractivity contribution < 1.29 is 9.90 Å². The maximum absolute atomic E-state index is 10.8. The molecule has 0 aliphatic carbocycles. The van der Waals surface area contributed by atoms with Crippen LogP contribution in [0.4, 0.5) is 5.13 Å². The molecule has 2 N–H and O–H groups in total. The SMILES string of the molecule is CSC(C)CCNc1nc(C)c(C(=O)O)s1. The van der Waals surface area contributed by atoms with Crippen LogP contribution in [0.15, 0.2) is 0 Å². The molecule has 4 nitrogen and oxygen atoms in total. The standard InChI is InChI=1S/C10H16N2O2S2/c1-6(15-3)4-5-11-10-12-7(2)8(16-10)9(13)14/h6H,4-5H2,1-3H3,(H,11,12)(H,13,14). The second kappa shape index (κ2) is 6.10. The van der Waals surface area contributed by atoms with Crippen molar-refractivity contribution in [3.05, 3.63) is 10.6 Å². The number of aryl methyl sites for hydroxylation is 1. The number of nitrogens with one attached hydrogen (secondary N) is 1. The summed E-state index contributed by atoms with van der Waals surface area (Å²) in [6, 6.07) is 0. The van der Waals surface area contributed by atoms with E-state index in [1.807, 2.05) is 11.8 Å². The number of aromatic nitrogens is 1. The number of thiazole rings is 1. The molecular formula is C10H16N2O2S2. The lowest BCUT2D eigenvalue weighted by Gasteiger charge is -2.07. The summed E-state index contributed by atoms with van der Waals surface area (Å²) in [5, 5.41) is 13.3. The molecule has 1 aromatic rings. The zero-order chi connectivity index (χ0) is 12.1. The van der Waals surface area contributed by atoms with Crippen molar-refractivity contribution in [1.29, 1.82) is 0 Å². The fourth-order valence-corrected chi connectivity index (χ4v) is 2.36. The molecule has 1 heterocycles. The van der Waals surface area contributed by atoms with Gasteiger partial charge in [-0.05, 0) is 19.6 Å². The van der Waals surface area contributed by atoms with E-state index in [0.29, 0.717) is 21.0 Å². The van der Waals surface area contributed by atoms with E-state index in [1.54, 1.807) is 6.92 Å². The molecule has 0 radical (unpaired) electrons. The fraction of sp³-hybridized carbons (Fsp3) is 0.600. The normalized spacial score (nSPS) is 12.4. The highest BCUT2D eigenvalue weighted by Crippen LogP contribution is 2.22. The zero-order valence-electron chi connectivity index (χ0n) is 9.61. The highest BCUT2D eigenvalue weighted by molar-refractivity contribution is 7.99. The topological polar surface area (TPSA) is 62.2 Å². The van der Waals surface area contributed by atoms with Gasteiger partial charge in [0.05, 0.1) is 5.69 Å². The Kier molecular flexibility index (Phi) is 5.08. The molecule has 90 valence electrons. The van der Waals surface area contributed by atoms with Gasteiger partial charge in [0.1, 0.15) is 4.88 Å². The Hall–Kier alpha value is -0.750. The largest absolute Gasteiger partial charge is 0.477 e. The minimum atomic E-state index is -0.902. The van der Waals surface area contributed by atoms with E-state index >= 15 is 0 Å². The van der Waals surface area contributed by atoms with Crippen molar-refractivity contribution in [2.24, 2.45) is 0 Å². The molecule has 1 atom stereocenters. The first-order valence-corrected chi connectivity index (χ1v) is 7.12. The van der Waals surface area contributed by atoms with Crippen LogP contribution in [0.25, 0.3) is 0 Å². The van der Waals surface area contributed by atoms with E-state index in [-0.39, 0.29) is 0 Å². The molecular weight excluding hydrogens is 244 g/mol. The summed E-state index contributed by atoms with van der Waals surface area (Å²) in [7, 11) is 0. The van der Waals surface area contributed by atoms with Crippen molar-refractivity contribution in [1.82, 2.24) is 4.98 Å². The minimum absolute atomic E-state index is 0.320. The monoisotopic (exact) mass is 260 g/mol. The van der Waals surface area contributed by atoms with Crippen LogP contribution >= 0.6 is 23.1 Å². The van der Waals surface area contributed by atoms with E-state index < -0.39 is 5.97 Å². The van der Waals surface area contributed by atoms with Crippen LogP contribution in [0.5, 0.6) is 0 Å². The summed E-state index contributed by atoms with van der Waals surface area (Å²) >= 11 is 3.02. The van der Waals surface area contributed by atoms with E-state index in [2.05, 4.69) is 23.5 Å². The highest BCUT2D eigenvalue weighted by atomic mass is 32.2. The molecule has 1 unspecified atom stereocenters. The number of carboxylic acids is 1. The Morgan fingerprint density at radius 3 is 2.88 bits per heavy atom. The van der Waals surface area contributed by atoms with E-state index in [4.69, 9.17) is 5.11 Å². The average molecular weight is 260 g/mol. The van der Waals surface area contributed by atoms with Crippen molar-refractivity contribution >= 4 is 34.2 Å². The van der Waals surface area contributed by atoms with Gasteiger partial charge in [-0.2, -0.15) is 11.8 Å². The van der Waals surface area contributed by atoms with Crippen molar-refractivity contribution in [3.63, 3.8) is 0 Å². The smallest absolute Gasteiger partial charge is 0.347 e. The summed E-state index contributed by atoms with van der Waals surface area (Å²) in [6.45, 7) is 4.71. The summed E-state index contributed by atoms with van der Waals surface area (Å²) < 4.78 is 0. The van der Waals surface area contributed by atoms with Gasteiger partial charge in [-0.3, -0.25) is 0 Å². The molecule has 0 saturated heterocycles. The van der Waals surface area contributed by atoms with Gasteiger partial charge >= 0.3 is 5.97 Å². The van der Waals surface area contributed by atoms with Crippen LogP contribution in [-0.4, -0.2) is 34.1 Å². The number of aromatic carboxylic acids is 1. The van der Waals surface area contributed by atoms with Crippen molar-refractivity contribution in [2.45, 2.75) is 25.5 Å². The van der Waals surface area contributed by atoms with E-state index in [9.17, 15) is 4.79 Å². The Labute approximate surface area is 103 Å². The Bertz CT molecular complexity index is 366. The number of nitrogens with zero attached hydrogens (tertiary/aromatic N) is 1. The maximum Gasteiger partial charge on any atom is 0.347 e. The average Bonchev–Trinajstić information content (AvgIpc) is 2.59. The molecule has 0 aromatic carbocycles. The van der Waals surface area contributed by atoms with Gasteiger partial charge in [0.2, 0.25) is 0 Å². The van der Waals surface area contributed by atoms with Gasteiger partial charge in [-0.15, -0.1) is 0 Å². The molecule has 1 rings (SSSR count). The third-order valence-electron chi connectivity index (χ3n) is 2.22. The number of carbonyl (C=O) groups is 1. The van der Waals surface area contributed by atoms with Gasteiger partial charge < -0.3 is 10.4 Å². The van der Waals surface area contributed by atoms with Gasteiger partial charge in [0.25, 0.3) is 0 Å². The molecule has 16 heavy (non-hydrogen) atoms. The number of hydrogen-bond donors (Lipinski definition) is 2. The molecule has 0 amide bonds. The van der Waals surface area contributed by atoms with Gasteiger partial charge in [0, 0.05) is 11.8 Å². The Morgan fingerprint density at radius 1 is 1.69 bits per heavy atom. The molecule has 0 aliphatic heterocycles. The lowest BCUT2D eigenvalue weighted by atomic mass is 10.3. The third kappa shape index (κ3) is 3.68. The number of rotatable bonds is 6. The Balaban J connectivity index is 2.49. The van der Waals surface area contributed by atoms with E-state index in [1.165, 1.54) is 11.3 Å². The van der Waals surface area contributed by atoms with Gasteiger partial charge in [-0.1, -0.05) is 18.3 Å². The molecule has 0 aliphatic rings. The van der Waals surface area contributed by atoms with Crippen LogP contribution in [-0.2, 0) is 0 Å². The van der Waals surface area contributed by atoms with Crippen LogP contribution in [0.2, 0.25) is 0 Å². The number of thioether (sulfide) groups is 1. The van der Waals surface area contributed by atoms with Crippen LogP contribution in [0.1, 0.15) is 28.7 Å². The summed E-state index contributed by atoms with van der Waals surface area (Å²) in [4.78, 5) is 15.3. The first kappa shape index (κ1) is 13.3. The molecule has 1 aromatic heterocycles. The van der Waals surface area contributed by atoms with Crippen LogP contribution in [0.3, 0.4) is 0 Å². The van der Waals surface area contributed by atoms with Gasteiger partial charge in [-0.25, -0.2) is 9.78 Å². The quantitative estimate of drug-likeness (QED) is 0.823. The third-order valence-corrected chi connectivity index (χ3v) is 4.36. The minimum Gasteiger partial charge on any atom is -0.477 e. The van der Waals surface area contributed by atoms with Crippen LogP contribution in [0, 0.1) is 6.92 Å². The second-order valence-corrected chi connectivity index (χ2v) is 5.78. The fourth-order valence-electron chi connectivity index (χ4n) is 1.17. The summed E-state index contributed by atoms with van der Waals surface area (Å²) in [5.41, 5.74) is 0.581. The summed E-state index contributed by atoms with van der Waals surface area (Å²) in [6.07, 6.45) is 3.13. The first-order valence-electron chi connectivity index (χ1n) is 5.02. The lowest BCUT2D eigenvalue weighted by molar-refractivity contribution is 0.0701. The van der Waals surface area contributed by atoms with E-state index in [0.717, 1.165) is 13.0 Å². The molecule has 0 fully saturated rings. The molecule has 0 spiro atoms. The second-order valence-electron chi connectivity index (χ2n) is 3.50. The predicted octanol–water partition coefficient (Wildman–Crippen LogP) is 2.70. The molecule has 0 bridgehead atoms. The number of carboxylic acid groups (broad SMARTS) is 1. The molecule has 6 heteroatoms. The number of anilines is 1. The maximum atomic E-state index is 10.8. The highest BCUT2D eigenvalue weighted by Gasteiger charge is 2.13. The number of hydrogen-bond acceptors (Lipinski definition) is 5. The zero-order valence-corrected chi connectivity index (χ0v) is 11.2. The van der Waals surface area contributed by atoms with Gasteiger partial charge in [0.15, 0.2) is 5.13 Å². The Morgan fingerprint density at radius 2 is 2.38 bits per heavy atom. The lowest BCUT2D eigenvalue weighted by Crippen LogP contribution is -2.07. The summed E-state index contributed by atoms with van der Waals surface area (Å²) in [5.74, 6) is -0.902. The van der Waals surface area contributed by atoms with Crippen molar-refractivity contribution in [3.8, 4) is 0 Å². The first-order chi connectivity index (χ1) is 7.54. The van der Waals surface area contributed by atoms with Crippen molar-refractivity contribution in [2.75, 3.05) is 18.1 Å².